The standard InChI is InChI=1S/C13H25N5/c1-3-4-12(11-14)17-7-9-18(10-8-17)13-15-5-6-16(13)2/h5-6,12H,3-4,7-11,14H2,1-2H3. The monoisotopic (exact) mass is 251 g/mol. The highest BCUT2D eigenvalue weighted by Crippen LogP contribution is 2.15. The Balaban J connectivity index is 1.90. The fourth-order valence-corrected chi connectivity index (χ4v) is 2.73. The molecule has 0 aliphatic carbocycles. The molecule has 1 aliphatic heterocycles. The molecule has 0 amide bonds. The van der Waals surface area contributed by atoms with Crippen molar-refractivity contribution in [2.75, 3.05) is 37.6 Å². The third kappa shape index (κ3) is 2.84. The lowest BCUT2D eigenvalue weighted by molar-refractivity contribution is 0.178. The molecule has 5 heteroatoms. The first-order chi connectivity index (χ1) is 8.76. The van der Waals surface area contributed by atoms with Crippen molar-refractivity contribution in [1.82, 2.24) is 14.5 Å². The van der Waals surface area contributed by atoms with Gasteiger partial charge in [0.2, 0.25) is 5.95 Å². The van der Waals surface area contributed by atoms with Crippen molar-refractivity contribution in [2.24, 2.45) is 12.8 Å². The van der Waals surface area contributed by atoms with Crippen molar-refractivity contribution in [3.05, 3.63) is 12.4 Å². The average Bonchev–Trinajstić information content (AvgIpc) is 2.82. The van der Waals surface area contributed by atoms with Gasteiger partial charge in [0.1, 0.15) is 0 Å². The summed E-state index contributed by atoms with van der Waals surface area (Å²) in [5.74, 6) is 1.08. The number of hydrogen-bond donors (Lipinski definition) is 1. The van der Waals surface area contributed by atoms with Crippen molar-refractivity contribution < 1.29 is 0 Å². The highest BCUT2D eigenvalue weighted by Gasteiger charge is 2.23. The number of aryl methyl sites for hydroxylation is 1. The van der Waals surface area contributed by atoms with Gasteiger partial charge >= 0.3 is 0 Å². The van der Waals surface area contributed by atoms with Gasteiger partial charge in [-0.3, -0.25) is 4.90 Å². The lowest BCUT2D eigenvalue weighted by Crippen LogP contribution is -2.52. The zero-order valence-electron chi connectivity index (χ0n) is 11.5. The van der Waals surface area contributed by atoms with Gasteiger partial charge in [-0.1, -0.05) is 13.3 Å². The largest absolute Gasteiger partial charge is 0.340 e. The number of aromatic nitrogens is 2. The van der Waals surface area contributed by atoms with Crippen LogP contribution in [0.4, 0.5) is 5.95 Å². The maximum absolute atomic E-state index is 5.87. The second-order valence-corrected chi connectivity index (χ2v) is 5.04. The molecule has 18 heavy (non-hydrogen) atoms. The molecule has 1 saturated heterocycles. The Morgan fingerprint density at radius 1 is 1.33 bits per heavy atom. The van der Waals surface area contributed by atoms with E-state index in [2.05, 4.69) is 33.3 Å². The van der Waals surface area contributed by atoms with Crippen LogP contribution in [-0.2, 0) is 7.05 Å². The first kappa shape index (κ1) is 13.4. The summed E-state index contributed by atoms with van der Waals surface area (Å²) in [6, 6.07) is 0.554. The maximum Gasteiger partial charge on any atom is 0.205 e. The molecule has 2 heterocycles. The van der Waals surface area contributed by atoms with Crippen LogP contribution in [0.15, 0.2) is 12.4 Å². The Kier molecular flexibility index (Phi) is 4.60. The number of piperazine rings is 1. The Morgan fingerprint density at radius 3 is 2.56 bits per heavy atom. The lowest BCUT2D eigenvalue weighted by Gasteiger charge is -2.39. The Bertz CT molecular complexity index is 354. The van der Waals surface area contributed by atoms with E-state index < -0.39 is 0 Å². The summed E-state index contributed by atoms with van der Waals surface area (Å²) in [7, 11) is 2.05. The molecule has 0 bridgehead atoms. The minimum Gasteiger partial charge on any atom is -0.340 e. The second kappa shape index (κ2) is 6.20. The Labute approximate surface area is 110 Å². The van der Waals surface area contributed by atoms with Gasteiger partial charge in [0.15, 0.2) is 0 Å². The summed E-state index contributed by atoms with van der Waals surface area (Å²) >= 11 is 0. The van der Waals surface area contributed by atoms with Gasteiger partial charge in [-0.05, 0) is 6.42 Å². The quantitative estimate of drug-likeness (QED) is 0.835. The molecule has 102 valence electrons. The SMILES string of the molecule is CCCC(CN)N1CCN(c2nccn2C)CC1. The topological polar surface area (TPSA) is 50.3 Å². The Hall–Kier alpha value is -1.07. The van der Waals surface area contributed by atoms with Crippen LogP contribution in [0.2, 0.25) is 0 Å². The van der Waals surface area contributed by atoms with E-state index in [0.29, 0.717) is 6.04 Å². The number of rotatable bonds is 5. The molecule has 2 N–H and O–H groups in total. The van der Waals surface area contributed by atoms with Crippen LogP contribution in [0.25, 0.3) is 0 Å². The predicted octanol–water partition coefficient (Wildman–Crippen LogP) is 0.670. The molecule has 1 fully saturated rings. The summed E-state index contributed by atoms with van der Waals surface area (Å²) in [6.45, 7) is 7.28. The molecule has 0 aromatic carbocycles. The molecular formula is C13H25N5. The molecule has 1 unspecified atom stereocenters. The van der Waals surface area contributed by atoms with Crippen LogP contribution in [0.3, 0.4) is 0 Å². The van der Waals surface area contributed by atoms with Crippen molar-refractivity contribution >= 4 is 5.95 Å². The summed E-state index contributed by atoms with van der Waals surface area (Å²) in [6.07, 6.45) is 6.28. The van der Waals surface area contributed by atoms with Gasteiger partial charge in [-0.15, -0.1) is 0 Å². The number of hydrogen-bond acceptors (Lipinski definition) is 4. The van der Waals surface area contributed by atoms with Crippen LogP contribution in [-0.4, -0.2) is 53.2 Å². The normalized spacial score (nSPS) is 19.2. The van der Waals surface area contributed by atoms with E-state index in [0.717, 1.165) is 38.7 Å². The van der Waals surface area contributed by atoms with E-state index in [4.69, 9.17) is 5.73 Å². The predicted molar refractivity (Wildman–Crippen MR) is 74.7 cm³/mol. The Morgan fingerprint density at radius 2 is 2.06 bits per heavy atom. The van der Waals surface area contributed by atoms with Crippen molar-refractivity contribution in [3.63, 3.8) is 0 Å². The summed E-state index contributed by atoms with van der Waals surface area (Å²) in [4.78, 5) is 9.30. The smallest absolute Gasteiger partial charge is 0.205 e. The first-order valence-electron chi connectivity index (χ1n) is 6.92. The average molecular weight is 251 g/mol. The number of imidazole rings is 1. The van der Waals surface area contributed by atoms with Gasteiger partial charge in [-0.25, -0.2) is 4.98 Å². The van der Waals surface area contributed by atoms with Gasteiger partial charge in [0.05, 0.1) is 0 Å². The summed E-state index contributed by atoms with van der Waals surface area (Å²) in [5, 5.41) is 0. The molecule has 1 aliphatic rings. The van der Waals surface area contributed by atoms with Crippen molar-refractivity contribution in [2.45, 2.75) is 25.8 Å². The zero-order chi connectivity index (χ0) is 13.0. The number of nitrogens with zero attached hydrogens (tertiary/aromatic N) is 4. The van der Waals surface area contributed by atoms with E-state index >= 15 is 0 Å². The molecule has 1 atom stereocenters. The zero-order valence-corrected chi connectivity index (χ0v) is 11.5. The van der Waals surface area contributed by atoms with Gasteiger partial charge in [-0.2, -0.15) is 0 Å². The van der Waals surface area contributed by atoms with E-state index in [1.54, 1.807) is 0 Å². The molecule has 5 nitrogen and oxygen atoms in total. The summed E-state index contributed by atoms with van der Waals surface area (Å²) < 4.78 is 2.09. The van der Waals surface area contributed by atoms with Crippen LogP contribution >= 0.6 is 0 Å². The highest BCUT2D eigenvalue weighted by atomic mass is 15.4. The number of anilines is 1. The fourth-order valence-electron chi connectivity index (χ4n) is 2.73. The van der Waals surface area contributed by atoms with Gasteiger partial charge in [0.25, 0.3) is 0 Å². The molecular weight excluding hydrogens is 226 g/mol. The minimum absolute atomic E-state index is 0.554. The minimum atomic E-state index is 0.554. The van der Waals surface area contributed by atoms with Crippen LogP contribution in [0.1, 0.15) is 19.8 Å². The van der Waals surface area contributed by atoms with Crippen molar-refractivity contribution in [1.29, 1.82) is 0 Å². The third-order valence-corrected chi connectivity index (χ3v) is 3.80. The lowest BCUT2D eigenvalue weighted by atomic mass is 10.1. The van der Waals surface area contributed by atoms with E-state index in [1.165, 1.54) is 12.8 Å². The van der Waals surface area contributed by atoms with Gasteiger partial charge in [0, 0.05) is 58.2 Å². The van der Waals surface area contributed by atoms with E-state index in [1.807, 2.05) is 12.4 Å². The van der Waals surface area contributed by atoms with Crippen LogP contribution < -0.4 is 10.6 Å². The molecule has 0 spiro atoms. The molecule has 2 rings (SSSR count). The molecule has 1 aromatic heterocycles. The molecule has 0 radical (unpaired) electrons. The van der Waals surface area contributed by atoms with Gasteiger partial charge < -0.3 is 15.2 Å². The maximum atomic E-state index is 5.87. The summed E-state index contributed by atoms with van der Waals surface area (Å²) in [5.41, 5.74) is 5.87. The first-order valence-corrected chi connectivity index (χ1v) is 6.92. The third-order valence-electron chi connectivity index (χ3n) is 3.80. The number of nitrogens with two attached hydrogens (primary N) is 1. The molecule has 1 aromatic rings. The fraction of sp³-hybridized carbons (Fsp3) is 0.769. The van der Waals surface area contributed by atoms with E-state index in [-0.39, 0.29) is 0 Å². The van der Waals surface area contributed by atoms with Crippen LogP contribution in [0.5, 0.6) is 0 Å². The van der Waals surface area contributed by atoms with E-state index in [9.17, 15) is 0 Å². The molecule has 0 saturated carbocycles. The van der Waals surface area contributed by atoms with Crippen molar-refractivity contribution in [3.8, 4) is 0 Å². The second-order valence-electron chi connectivity index (χ2n) is 5.04. The van der Waals surface area contributed by atoms with Crippen LogP contribution in [0, 0.1) is 0 Å². The highest BCUT2D eigenvalue weighted by molar-refractivity contribution is 5.31.